The number of halogens is 1. The van der Waals surface area contributed by atoms with Crippen LogP contribution >= 0.6 is 11.6 Å². The Kier molecular flexibility index (Phi) is 5.81. The van der Waals surface area contributed by atoms with E-state index in [1.54, 1.807) is 24.3 Å². The van der Waals surface area contributed by atoms with Crippen molar-refractivity contribution in [1.82, 2.24) is 10.6 Å². The number of carbonyl (C=O) groups is 3. The molecule has 6 nitrogen and oxygen atoms in total. The zero-order chi connectivity index (χ0) is 18.7. The van der Waals surface area contributed by atoms with E-state index in [0.29, 0.717) is 17.0 Å². The van der Waals surface area contributed by atoms with Gasteiger partial charge in [0.05, 0.1) is 0 Å². The first-order chi connectivity index (χ1) is 12.4. The van der Waals surface area contributed by atoms with E-state index in [1.807, 2.05) is 0 Å². The summed E-state index contributed by atoms with van der Waals surface area (Å²) < 4.78 is 0. The average molecular weight is 379 g/mol. The van der Waals surface area contributed by atoms with Gasteiger partial charge in [-0.25, -0.2) is 4.79 Å². The van der Waals surface area contributed by atoms with Crippen LogP contribution in [0.15, 0.2) is 24.3 Å². The van der Waals surface area contributed by atoms with Crippen molar-refractivity contribution in [2.75, 3.05) is 0 Å². The highest BCUT2D eigenvalue weighted by atomic mass is 35.5. The average Bonchev–Trinajstić information content (AvgIpc) is 2.61. The molecule has 1 aliphatic heterocycles. The van der Waals surface area contributed by atoms with Gasteiger partial charge >= 0.3 is 5.97 Å². The first-order valence-corrected chi connectivity index (χ1v) is 9.40. The fourth-order valence-electron chi connectivity index (χ4n) is 4.18. The molecule has 2 aliphatic rings. The third-order valence-electron chi connectivity index (χ3n) is 5.47. The monoisotopic (exact) mass is 378 g/mol. The number of aliphatic carboxylic acids is 1. The van der Waals surface area contributed by atoms with Gasteiger partial charge in [-0.2, -0.15) is 0 Å². The predicted octanol–water partition coefficient (Wildman–Crippen LogP) is 2.61. The van der Waals surface area contributed by atoms with Gasteiger partial charge in [-0.1, -0.05) is 24.4 Å². The molecule has 4 atom stereocenters. The number of hydrogen-bond acceptors (Lipinski definition) is 3. The number of hydrogen-bond donors (Lipinski definition) is 3. The molecule has 1 aromatic carbocycles. The van der Waals surface area contributed by atoms with E-state index >= 15 is 0 Å². The third-order valence-corrected chi connectivity index (χ3v) is 5.72. The van der Waals surface area contributed by atoms with Crippen molar-refractivity contribution in [3.63, 3.8) is 0 Å². The second-order valence-electron chi connectivity index (χ2n) is 7.19. The minimum absolute atomic E-state index is 0.0219. The maximum Gasteiger partial charge on any atom is 0.326 e. The van der Waals surface area contributed by atoms with E-state index in [0.717, 1.165) is 25.7 Å². The Morgan fingerprint density at radius 2 is 1.92 bits per heavy atom. The Balaban J connectivity index is 1.69. The molecule has 1 heterocycles. The quantitative estimate of drug-likeness (QED) is 0.733. The number of rotatable bonds is 5. The third kappa shape index (κ3) is 4.36. The van der Waals surface area contributed by atoms with Crippen LogP contribution in [0.2, 0.25) is 5.02 Å². The first-order valence-electron chi connectivity index (χ1n) is 9.02. The number of piperidine rings is 1. The number of carboxylic acids is 1. The molecule has 0 radical (unpaired) electrons. The van der Waals surface area contributed by atoms with Crippen LogP contribution in [0.1, 0.15) is 48.9 Å². The second kappa shape index (κ2) is 8.08. The minimum Gasteiger partial charge on any atom is -0.480 e. The van der Waals surface area contributed by atoms with Crippen LogP contribution in [0.4, 0.5) is 0 Å². The van der Waals surface area contributed by atoms with Crippen molar-refractivity contribution in [2.45, 2.75) is 50.6 Å². The predicted molar refractivity (Wildman–Crippen MR) is 97.0 cm³/mol. The molecule has 3 N–H and O–H groups in total. The molecule has 4 unspecified atom stereocenters. The Morgan fingerprint density at radius 3 is 2.62 bits per heavy atom. The van der Waals surface area contributed by atoms with Crippen LogP contribution in [0.25, 0.3) is 0 Å². The van der Waals surface area contributed by atoms with Crippen LogP contribution in [-0.4, -0.2) is 35.0 Å². The van der Waals surface area contributed by atoms with Crippen molar-refractivity contribution in [3.8, 4) is 0 Å². The number of nitrogens with one attached hydrogen (secondary N) is 2. The normalized spacial score (nSPS) is 26.3. The Bertz CT molecular complexity index is 691. The largest absolute Gasteiger partial charge is 0.480 e. The van der Waals surface area contributed by atoms with Crippen molar-refractivity contribution < 1.29 is 19.5 Å². The summed E-state index contributed by atoms with van der Waals surface area (Å²) in [5.74, 6) is -1.29. The molecule has 1 saturated heterocycles. The standard InChI is InChI=1S/C19H23ClN2O4/c20-13-7-5-11(6-8-13)18(24)22-16(19(25)26)9-12-10-17(23)21-15-4-2-1-3-14(12)15/h5-8,12,14-16H,1-4,9-10H2,(H,21,23)(H,22,24)(H,25,26). The Morgan fingerprint density at radius 1 is 1.23 bits per heavy atom. The van der Waals surface area contributed by atoms with Crippen molar-refractivity contribution in [3.05, 3.63) is 34.9 Å². The number of benzene rings is 1. The van der Waals surface area contributed by atoms with Gasteiger partial charge in [0.15, 0.2) is 0 Å². The van der Waals surface area contributed by atoms with Crippen LogP contribution in [0.3, 0.4) is 0 Å². The summed E-state index contributed by atoms with van der Waals surface area (Å²) in [5, 5.41) is 15.7. The maximum atomic E-state index is 12.4. The van der Waals surface area contributed by atoms with E-state index in [2.05, 4.69) is 10.6 Å². The smallest absolute Gasteiger partial charge is 0.326 e. The molecule has 3 rings (SSSR count). The highest BCUT2D eigenvalue weighted by Gasteiger charge is 2.40. The topological polar surface area (TPSA) is 95.5 Å². The lowest BCUT2D eigenvalue weighted by atomic mass is 9.70. The molecular weight excluding hydrogens is 356 g/mol. The lowest BCUT2D eigenvalue weighted by Crippen LogP contribution is -2.52. The summed E-state index contributed by atoms with van der Waals surface area (Å²) in [6, 6.07) is 5.41. The van der Waals surface area contributed by atoms with E-state index in [-0.39, 0.29) is 30.2 Å². The van der Waals surface area contributed by atoms with Gasteiger partial charge in [0.1, 0.15) is 6.04 Å². The van der Waals surface area contributed by atoms with Crippen molar-refractivity contribution in [1.29, 1.82) is 0 Å². The number of carboxylic acid groups (broad SMARTS) is 1. The first kappa shape index (κ1) is 18.7. The van der Waals surface area contributed by atoms with E-state index < -0.39 is 17.9 Å². The number of carbonyl (C=O) groups excluding carboxylic acids is 2. The molecule has 1 aliphatic carbocycles. The summed E-state index contributed by atoms with van der Waals surface area (Å²) in [5.41, 5.74) is 0.359. The molecule has 1 saturated carbocycles. The van der Waals surface area contributed by atoms with Gasteiger partial charge in [0.2, 0.25) is 5.91 Å². The van der Waals surface area contributed by atoms with Crippen LogP contribution in [0.5, 0.6) is 0 Å². The highest BCUT2D eigenvalue weighted by Crippen LogP contribution is 2.37. The summed E-state index contributed by atoms with van der Waals surface area (Å²) in [6.07, 6.45) is 4.71. The molecule has 0 spiro atoms. The molecule has 0 aromatic heterocycles. The summed E-state index contributed by atoms with van der Waals surface area (Å²) in [4.78, 5) is 36.1. The van der Waals surface area contributed by atoms with E-state index in [9.17, 15) is 19.5 Å². The SMILES string of the molecule is O=C1CC(CC(NC(=O)c2ccc(Cl)cc2)C(=O)O)C2CCCCC2N1. The Hall–Kier alpha value is -2.08. The lowest BCUT2D eigenvalue weighted by molar-refractivity contribution is -0.140. The Labute approximate surface area is 157 Å². The minimum atomic E-state index is -1.08. The lowest BCUT2D eigenvalue weighted by Gasteiger charge is -2.42. The summed E-state index contributed by atoms with van der Waals surface area (Å²) in [6.45, 7) is 0. The summed E-state index contributed by atoms with van der Waals surface area (Å²) in [7, 11) is 0. The molecule has 1 aromatic rings. The van der Waals surface area contributed by atoms with Crippen molar-refractivity contribution >= 4 is 29.4 Å². The van der Waals surface area contributed by atoms with Crippen LogP contribution in [-0.2, 0) is 9.59 Å². The van der Waals surface area contributed by atoms with Gasteiger partial charge in [-0.05, 0) is 55.4 Å². The van der Waals surface area contributed by atoms with Gasteiger partial charge in [-0.3, -0.25) is 9.59 Å². The fourth-order valence-corrected chi connectivity index (χ4v) is 4.31. The van der Waals surface area contributed by atoms with Gasteiger partial charge in [0, 0.05) is 23.0 Å². The van der Waals surface area contributed by atoms with E-state index in [1.165, 1.54) is 0 Å². The van der Waals surface area contributed by atoms with Gasteiger partial charge < -0.3 is 15.7 Å². The van der Waals surface area contributed by atoms with Crippen LogP contribution < -0.4 is 10.6 Å². The molecule has 140 valence electrons. The number of amides is 2. The molecule has 26 heavy (non-hydrogen) atoms. The zero-order valence-electron chi connectivity index (χ0n) is 14.4. The van der Waals surface area contributed by atoms with E-state index in [4.69, 9.17) is 11.6 Å². The molecular formula is C19H23ClN2O4. The maximum absolute atomic E-state index is 12.4. The van der Waals surface area contributed by atoms with Crippen LogP contribution in [0, 0.1) is 11.8 Å². The zero-order valence-corrected chi connectivity index (χ0v) is 15.2. The second-order valence-corrected chi connectivity index (χ2v) is 7.63. The van der Waals surface area contributed by atoms with Crippen molar-refractivity contribution in [2.24, 2.45) is 11.8 Å². The summed E-state index contributed by atoms with van der Waals surface area (Å²) >= 11 is 5.82. The molecule has 2 fully saturated rings. The molecule has 0 bridgehead atoms. The molecule has 7 heteroatoms. The highest BCUT2D eigenvalue weighted by molar-refractivity contribution is 6.30. The number of fused-ring (bicyclic) bond motifs is 1. The molecule has 2 amide bonds. The van der Waals surface area contributed by atoms with Gasteiger partial charge in [-0.15, -0.1) is 0 Å². The fraction of sp³-hybridized carbons (Fsp3) is 0.526. The van der Waals surface area contributed by atoms with Gasteiger partial charge in [0.25, 0.3) is 5.91 Å².